The zero-order valence-corrected chi connectivity index (χ0v) is 17.8. The van der Waals surface area contributed by atoms with Crippen LogP contribution >= 0.6 is 11.8 Å². The third-order valence-electron chi connectivity index (χ3n) is 5.20. The molecule has 0 aliphatic carbocycles. The lowest BCUT2D eigenvalue weighted by Gasteiger charge is -2.34. The molecule has 0 radical (unpaired) electrons. The van der Waals surface area contributed by atoms with Gasteiger partial charge in [-0.25, -0.2) is 0 Å². The van der Waals surface area contributed by atoms with E-state index in [9.17, 15) is 4.79 Å². The number of thioether (sulfide) groups is 1. The van der Waals surface area contributed by atoms with Crippen LogP contribution in [0.1, 0.15) is 18.1 Å². The zero-order valence-electron chi connectivity index (χ0n) is 17.0. The number of piperazine rings is 1. The van der Waals surface area contributed by atoms with Gasteiger partial charge in [0.2, 0.25) is 5.91 Å². The Bertz CT molecular complexity index is 755. The normalized spacial score (nSPS) is 15.5. The highest BCUT2D eigenvalue weighted by Crippen LogP contribution is 2.19. The first kappa shape index (κ1) is 20.9. The van der Waals surface area contributed by atoms with Crippen molar-refractivity contribution < 1.29 is 4.79 Å². The lowest BCUT2D eigenvalue weighted by molar-refractivity contribution is -0.117. The Labute approximate surface area is 173 Å². The first-order chi connectivity index (χ1) is 13.6. The van der Waals surface area contributed by atoms with Gasteiger partial charge in [-0.3, -0.25) is 14.6 Å². The van der Waals surface area contributed by atoms with Crippen molar-refractivity contribution in [3.8, 4) is 0 Å². The molecule has 4 nitrogen and oxygen atoms in total. The highest BCUT2D eigenvalue weighted by Gasteiger charge is 2.19. The van der Waals surface area contributed by atoms with Crippen molar-refractivity contribution in [1.82, 2.24) is 9.80 Å². The van der Waals surface area contributed by atoms with Gasteiger partial charge in [-0.15, -0.1) is 11.8 Å². The minimum Gasteiger partial charge on any atom is -0.325 e. The van der Waals surface area contributed by atoms with Crippen LogP contribution < -0.4 is 5.32 Å². The topological polar surface area (TPSA) is 35.6 Å². The van der Waals surface area contributed by atoms with Gasteiger partial charge >= 0.3 is 0 Å². The third-order valence-corrected chi connectivity index (χ3v) is 6.19. The molecule has 1 aliphatic rings. The van der Waals surface area contributed by atoms with Gasteiger partial charge < -0.3 is 5.32 Å². The number of hydrogen-bond donors (Lipinski definition) is 1. The molecule has 1 heterocycles. The predicted molar refractivity (Wildman–Crippen MR) is 119 cm³/mol. The molecule has 5 heteroatoms. The number of benzene rings is 2. The van der Waals surface area contributed by atoms with Gasteiger partial charge in [0.05, 0.1) is 6.54 Å². The number of nitrogens with one attached hydrogen (secondary N) is 1. The second-order valence-corrected chi connectivity index (χ2v) is 8.51. The number of hydrogen-bond acceptors (Lipinski definition) is 4. The molecule has 3 rings (SSSR count). The Hall–Kier alpha value is -1.82. The van der Waals surface area contributed by atoms with E-state index >= 15 is 0 Å². The van der Waals surface area contributed by atoms with E-state index in [4.69, 9.17) is 0 Å². The summed E-state index contributed by atoms with van der Waals surface area (Å²) in [7, 11) is 0. The summed E-state index contributed by atoms with van der Waals surface area (Å²) in [5, 5.41) is 3.08. The molecule has 1 aliphatic heterocycles. The van der Waals surface area contributed by atoms with Gasteiger partial charge in [0.15, 0.2) is 0 Å². The predicted octanol–water partition coefficient (Wildman–Crippen LogP) is 3.91. The van der Waals surface area contributed by atoms with Crippen LogP contribution in [0.3, 0.4) is 0 Å². The summed E-state index contributed by atoms with van der Waals surface area (Å²) in [5.41, 5.74) is 3.44. The number of aryl methyl sites for hydroxylation is 2. The van der Waals surface area contributed by atoms with Crippen molar-refractivity contribution in [1.29, 1.82) is 0 Å². The minimum absolute atomic E-state index is 0.0873. The Morgan fingerprint density at radius 1 is 1.00 bits per heavy atom. The molecule has 28 heavy (non-hydrogen) atoms. The average molecular weight is 398 g/mol. The maximum Gasteiger partial charge on any atom is 0.238 e. The van der Waals surface area contributed by atoms with E-state index in [1.165, 1.54) is 16.0 Å². The van der Waals surface area contributed by atoms with Crippen molar-refractivity contribution in [2.45, 2.75) is 25.2 Å². The number of para-hydroxylation sites is 1. The first-order valence-corrected chi connectivity index (χ1v) is 11.1. The second kappa shape index (κ2) is 10.6. The molecule has 1 fully saturated rings. The third kappa shape index (κ3) is 6.36. The number of rotatable bonds is 8. The molecule has 0 aromatic heterocycles. The fraction of sp³-hybridized carbons (Fsp3) is 0.435. The molecule has 0 saturated carbocycles. The van der Waals surface area contributed by atoms with Crippen LogP contribution in [0.2, 0.25) is 0 Å². The van der Waals surface area contributed by atoms with Gasteiger partial charge in [-0.05, 0) is 37.1 Å². The number of carbonyl (C=O) groups is 1. The van der Waals surface area contributed by atoms with Crippen LogP contribution in [0, 0.1) is 6.92 Å². The molecule has 2 aromatic carbocycles. The van der Waals surface area contributed by atoms with Crippen LogP contribution in [-0.4, -0.2) is 60.7 Å². The van der Waals surface area contributed by atoms with E-state index in [0.717, 1.165) is 50.6 Å². The Balaban J connectivity index is 1.35. The Kier molecular flexibility index (Phi) is 7.95. The molecular weight excluding hydrogens is 366 g/mol. The minimum atomic E-state index is 0.0873. The van der Waals surface area contributed by atoms with Crippen LogP contribution in [0.5, 0.6) is 0 Å². The van der Waals surface area contributed by atoms with Crippen molar-refractivity contribution in [2.24, 2.45) is 0 Å². The van der Waals surface area contributed by atoms with Crippen molar-refractivity contribution in [3.63, 3.8) is 0 Å². The van der Waals surface area contributed by atoms with E-state index in [1.807, 2.05) is 30.0 Å². The summed E-state index contributed by atoms with van der Waals surface area (Å²) in [4.78, 5) is 18.5. The van der Waals surface area contributed by atoms with E-state index in [0.29, 0.717) is 6.54 Å². The molecule has 0 spiro atoms. The number of anilines is 1. The average Bonchev–Trinajstić information content (AvgIpc) is 2.71. The van der Waals surface area contributed by atoms with E-state index in [-0.39, 0.29) is 5.91 Å². The van der Waals surface area contributed by atoms with E-state index < -0.39 is 0 Å². The van der Waals surface area contributed by atoms with Crippen molar-refractivity contribution >= 4 is 23.4 Å². The van der Waals surface area contributed by atoms with Gasteiger partial charge in [0, 0.05) is 49.1 Å². The number of nitrogens with zero attached hydrogens (tertiary/aromatic N) is 2. The summed E-state index contributed by atoms with van der Waals surface area (Å²) in [6.45, 7) is 9.79. The summed E-state index contributed by atoms with van der Waals surface area (Å²) < 4.78 is 0. The quantitative estimate of drug-likeness (QED) is 0.685. The molecule has 2 aromatic rings. The molecule has 0 atom stereocenters. The van der Waals surface area contributed by atoms with E-state index in [2.05, 4.69) is 59.3 Å². The fourth-order valence-electron chi connectivity index (χ4n) is 3.44. The van der Waals surface area contributed by atoms with Crippen molar-refractivity contribution in [2.75, 3.05) is 50.3 Å². The first-order valence-electron chi connectivity index (χ1n) is 10.2. The molecule has 0 unspecified atom stereocenters. The van der Waals surface area contributed by atoms with Gasteiger partial charge in [-0.2, -0.15) is 0 Å². The maximum atomic E-state index is 12.4. The Morgan fingerprint density at radius 2 is 1.68 bits per heavy atom. The highest BCUT2D eigenvalue weighted by atomic mass is 32.2. The van der Waals surface area contributed by atoms with Crippen LogP contribution in [0.15, 0.2) is 53.4 Å². The molecule has 1 saturated heterocycles. The molecule has 150 valence electrons. The standard InChI is InChI=1S/C23H31N3OS/c1-3-20-6-4-5-7-22(20)24-23(27)18-26-14-12-25(13-15-26)16-17-28-21-10-8-19(2)9-11-21/h4-11H,3,12-18H2,1-2H3,(H,24,27). The second-order valence-electron chi connectivity index (χ2n) is 7.34. The summed E-state index contributed by atoms with van der Waals surface area (Å²) in [6.07, 6.45) is 0.926. The molecule has 0 bridgehead atoms. The van der Waals surface area contributed by atoms with Gasteiger partial charge in [-0.1, -0.05) is 42.8 Å². The number of carbonyl (C=O) groups excluding carboxylic acids is 1. The summed E-state index contributed by atoms with van der Waals surface area (Å²) in [6, 6.07) is 16.8. The Morgan fingerprint density at radius 3 is 2.39 bits per heavy atom. The smallest absolute Gasteiger partial charge is 0.238 e. The molecule has 1 N–H and O–H groups in total. The van der Waals surface area contributed by atoms with Crippen LogP contribution in [-0.2, 0) is 11.2 Å². The zero-order chi connectivity index (χ0) is 19.8. The van der Waals surface area contributed by atoms with Crippen molar-refractivity contribution in [3.05, 3.63) is 59.7 Å². The van der Waals surface area contributed by atoms with Gasteiger partial charge in [0.25, 0.3) is 0 Å². The van der Waals surface area contributed by atoms with Crippen LogP contribution in [0.25, 0.3) is 0 Å². The summed E-state index contributed by atoms with van der Waals surface area (Å²) in [5.74, 6) is 1.20. The van der Waals surface area contributed by atoms with Gasteiger partial charge in [0.1, 0.15) is 0 Å². The fourth-order valence-corrected chi connectivity index (χ4v) is 4.36. The SMILES string of the molecule is CCc1ccccc1NC(=O)CN1CCN(CCSc2ccc(C)cc2)CC1. The lowest BCUT2D eigenvalue weighted by atomic mass is 10.1. The highest BCUT2D eigenvalue weighted by molar-refractivity contribution is 7.99. The number of amides is 1. The summed E-state index contributed by atoms with van der Waals surface area (Å²) >= 11 is 1.92. The maximum absolute atomic E-state index is 12.4. The van der Waals surface area contributed by atoms with E-state index in [1.54, 1.807) is 0 Å². The molecular formula is C23H31N3OS. The molecule has 1 amide bonds. The van der Waals surface area contributed by atoms with Crippen LogP contribution in [0.4, 0.5) is 5.69 Å². The lowest BCUT2D eigenvalue weighted by Crippen LogP contribution is -2.49. The largest absolute Gasteiger partial charge is 0.325 e. The monoisotopic (exact) mass is 397 g/mol.